The molecule has 0 spiro atoms. The number of aldehydes is 1. The number of carbonyl (C=O) groups excluding carboxylic acids is 2. The Labute approximate surface area is 148 Å². The molecule has 1 saturated heterocycles. The summed E-state index contributed by atoms with van der Waals surface area (Å²) < 4.78 is 52.0. The molecule has 0 bridgehead atoms. The molecule has 1 N–H and O–H groups in total. The lowest BCUT2D eigenvalue weighted by molar-refractivity contribution is -0.120. The first kappa shape index (κ1) is 21.4. The van der Waals surface area contributed by atoms with Gasteiger partial charge in [-0.05, 0) is 19.2 Å². The number of rotatable bonds is 4. The third-order valence-corrected chi connectivity index (χ3v) is 3.65. The second-order valence-electron chi connectivity index (χ2n) is 5.63. The second kappa shape index (κ2) is 9.72. The molecule has 1 amide bonds. The Morgan fingerprint density at radius 1 is 1.40 bits per heavy atom. The molecule has 1 aliphatic carbocycles. The van der Waals surface area contributed by atoms with Gasteiger partial charge in [0.25, 0.3) is 5.91 Å². The number of hydrogen-bond donors (Lipinski definition) is 1. The molecule has 9 heteroatoms. The molecule has 2 rings (SSSR count). The Kier molecular flexibility index (Phi) is 8.31. The summed E-state index contributed by atoms with van der Waals surface area (Å²) in [4.78, 5) is 23.0. The first-order valence-electron chi connectivity index (χ1n) is 7.49. The summed E-state index contributed by atoms with van der Waals surface area (Å²) in [7, 11) is 1.92. The van der Waals surface area contributed by atoms with Crippen molar-refractivity contribution in [1.29, 1.82) is 0 Å². The molecule has 1 heterocycles. The van der Waals surface area contributed by atoms with Crippen LogP contribution in [0.5, 0.6) is 0 Å². The topological polar surface area (TPSA) is 49.4 Å². The van der Waals surface area contributed by atoms with Crippen LogP contribution in [0.2, 0.25) is 0 Å². The van der Waals surface area contributed by atoms with Crippen LogP contribution in [0, 0.1) is 5.92 Å². The van der Waals surface area contributed by atoms with E-state index in [0.29, 0.717) is 18.9 Å². The van der Waals surface area contributed by atoms with Crippen molar-refractivity contribution in [1.82, 2.24) is 10.2 Å². The fourth-order valence-corrected chi connectivity index (χ4v) is 2.40. The summed E-state index contributed by atoms with van der Waals surface area (Å²) in [6, 6.07) is 0. The van der Waals surface area contributed by atoms with Gasteiger partial charge in [-0.25, -0.2) is 4.39 Å². The monoisotopic (exact) mass is 382 g/mol. The molecule has 1 fully saturated rings. The van der Waals surface area contributed by atoms with E-state index in [0.717, 1.165) is 25.2 Å². The van der Waals surface area contributed by atoms with Crippen LogP contribution in [0.1, 0.15) is 6.42 Å². The molecule has 0 radical (unpaired) electrons. The van der Waals surface area contributed by atoms with E-state index >= 15 is 0 Å². The average molecular weight is 383 g/mol. The van der Waals surface area contributed by atoms with Crippen LogP contribution in [0.4, 0.5) is 17.6 Å². The van der Waals surface area contributed by atoms with Crippen LogP contribution in [0.25, 0.3) is 0 Å². The molecule has 140 valence electrons. The molecule has 0 aromatic rings. The molecular weight excluding hydrogens is 364 g/mol. The van der Waals surface area contributed by atoms with E-state index in [1.165, 1.54) is 0 Å². The standard InChI is InChI=1S/C14H16F4N2O.C2H3ClO/c1-20-7-9(8-20)6-19-13(21)11-4-2-10(15)3-5-12(11)14(16,17)18;3-1-2-4/h2,4-5,9H,3,6-8H2,1H3,(H,19,21);2H,1H2. The van der Waals surface area contributed by atoms with Gasteiger partial charge in [0.2, 0.25) is 0 Å². The maximum Gasteiger partial charge on any atom is 0.416 e. The van der Waals surface area contributed by atoms with Gasteiger partial charge in [0.15, 0.2) is 0 Å². The number of nitrogens with zero attached hydrogens (tertiary/aromatic N) is 1. The van der Waals surface area contributed by atoms with E-state index in [4.69, 9.17) is 16.4 Å². The Morgan fingerprint density at radius 3 is 2.48 bits per heavy atom. The van der Waals surface area contributed by atoms with Crippen molar-refractivity contribution < 1.29 is 27.2 Å². The van der Waals surface area contributed by atoms with Gasteiger partial charge in [-0.3, -0.25) is 4.79 Å². The van der Waals surface area contributed by atoms with Gasteiger partial charge in [0.05, 0.1) is 17.0 Å². The molecule has 4 nitrogen and oxygen atoms in total. The number of halogens is 5. The lowest BCUT2D eigenvalue weighted by Crippen LogP contribution is -2.49. The zero-order valence-corrected chi connectivity index (χ0v) is 14.3. The number of amides is 1. The summed E-state index contributed by atoms with van der Waals surface area (Å²) in [5.41, 5.74) is -1.63. The van der Waals surface area contributed by atoms with Crippen molar-refractivity contribution in [3.8, 4) is 0 Å². The highest BCUT2D eigenvalue weighted by atomic mass is 35.5. The van der Waals surface area contributed by atoms with E-state index in [1.54, 1.807) is 0 Å². The predicted molar refractivity (Wildman–Crippen MR) is 86.8 cm³/mol. The van der Waals surface area contributed by atoms with Gasteiger partial charge < -0.3 is 15.0 Å². The highest BCUT2D eigenvalue weighted by molar-refractivity contribution is 6.24. The van der Waals surface area contributed by atoms with Crippen LogP contribution in [0.15, 0.2) is 35.2 Å². The molecule has 2 aliphatic rings. The molecule has 1 aliphatic heterocycles. The Morgan fingerprint density at radius 2 is 2.00 bits per heavy atom. The zero-order chi connectivity index (χ0) is 19.0. The van der Waals surface area contributed by atoms with Crippen molar-refractivity contribution in [2.45, 2.75) is 12.6 Å². The smallest absolute Gasteiger partial charge is 0.352 e. The maximum absolute atomic E-state index is 13.1. The largest absolute Gasteiger partial charge is 0.416 e. The summed E-state index contributed by atoms with van der Waals surface area (Å²) in [6.07, 6.45) is -2.00. The minimum absolute atomic E-state index is 0.111. The van der Waals surface area contributed by atoms with E-state index in [1.807, 2.05) is 11.9 Å². The van der Waals surface area contributed by atoms with Crippen molar-refractivity contribution in [2.75, 3.05) is 32.6 Å². The zero-order valence-electron chi connectivity index (χ0n) is 13.6. The lowest BCUT2D eigenvalue weighted by Gasteiger charge is -2.36. The van der Waals surface area contributed by atoms with Crippen LogP contribution in [-0.2, 0) is 9.59 Å². The molecular formula is C16H19ClF4N2O2. The first-order valence-corrected chi connectivity index (χ1v) is 8.02. The van der Waals surface area contributed by atoms with Crippen LogP contribution < -0.4 is 5.32 Å². The van der Waals surface area contributed by atoms with Gasteiger partial charge >= 0.3 is 6.18 Å². The van der Waals surface area contributed by atoms with Gasteiger partial charge in [-0.15, -0.1) is 11.6 Å². The molecule has 0 aromatic heterocycles. The van der Waals surface area contributed by atoms with E-state index < -0.39 is 35.5 Å². The SMILES string of the molecule is CN1CC(CNC(=O)C2=CC=C(F)CC=C2C(F)(F)F)C1.O=CCCl. The number of carbonyl (C=O) groups is 2. The van der Waals surface area contributed by atoms with Gasteiger partial charge in [0.1, 0.15) is 12.1 Å². The quantitative estimate of drug-likeness (QED) is 0.462. The Hall–Kier alpha value is -1.67. The maximum atomic E-state index is 13.1. The summed E-state index contributed by atoms with van der Waals surface area (Å²) in [6.45, 7) is 1.92. The molecule has 0 aromatic carbocycles. The second-order valence-corrected chi connectivity index (χ2v) is 5.94. The molecule has 25 heavy (non-hydrogen) atoms. The minimum Gasteiger partial charge on any atom is -0.352 e. The number of allylic oxidation sites excluding steroid dienone is 4. The van der Waals surface area contributed by atoms with E-state index in [2.05, 4.69) is 5.32 Å². The fraction of sp³-hybridized carbons (Fsp3) is 0.500. The number of nitrogens with one attached hydrogen (secondary N) is 1. The molecule has 0 saturated carbocycles. The molecule has 0 atom stereocenters. The average Bonchev–Trinajstić information content (AvgIpc) is 2.72. The first-order chi connectivity index (χ1) is 11.7. The van der Waals surface area contributed by atoms with Crippen molar-refractivity contribution in [2.24, 2.45) is 5.92 Å². The van der Waals surface area contributed by atoms with Crippen LogP contribution >= 0.6 is 11.6 Å². The lowest BCUT2D eigenvalue weighted by atomic mass is 10.00. The van der Waals surface area contributed by atoms with Gasteiger partial charge in [-0.2, -0.15) is 13.2 Å². The summed E-state index contributed by atoms with van der Waals surface area (Å²) in [5, 5.41) is 2.49. The van der Waals surface area contributed by atoms with Crippen LogP contribution in [0.3, 0.4) is 0 Å². The van der Waals surface area contributed by atoms with Crippen molar-refractivity contribution in [3.05, 3.63) is 35.2 Å². The van der Waals surface area contributed by atoms with Gasteiger partial charge in [0, 0.05) is 32.0 Å². The predicted octanol–water partition coefficient (Wildman–Crippen LogP) is 2.76. The summed E-state index contributed by atoms with van der Waals surface area (Å²) >= 11 is 4.82. The highest BCUT2D eigenvalue weighted by Gasteiger charge is 2.38. The Balaban J connectivity index is 0.000000705. The highest BCUT2D eigenvalue weighted by Crippen LogP contribution is 2.34. The minimum atomic E-state index is -4.68. The number of alkyl halides is 4. The Bertz CT molecular complexity index is 579. The number of hydrogen-bond acceptors (Lipinski definition) is 3. The van der Waals surface area contributed by atoms with E-state index in [-0.39, 0.29) is 11.8 Å². The van der Waals surface area contributed by atoms with Crippen LogP contribution in [-0.4, -0.2) is 55.8 Å². The third-order valence-electron chi connectivity index (χ3n) is 3.53. The molecule has 0 unspecified atom stereocenters. The number of likely N-dealkylation sites (tertiary alicyclic amines) is 1. The van der Waals surface area contributed by atoms with Crippen molar-refractivity contribution >= 4 is 23.8 Å². The third kappa shape index (κ3) is 6.99. The normalized spacial score (nSPS) is 18.6. The van der Waals surface area contributed by atoms with E-state index in [9.17, 15) is 22.4 Å². The van der Waals surface area contributed by atoms with Crippen molar-refractivity contribution in [3.63, 3.8) is 0 Å². The van der Waals surface area contributed by atoms with Gasteiger partial charge in [-0.1, -0.05) is 6.08 Å². The fourth-order valence-electron chi connectivity index (χ4n) is 2.40. The summed E-state index contributed by atoms with van der Waals surface area (Å²) in [5.74, 6) is -1.17.